The number of hydrogen-bond acceptors (Lipinski definition) is 3. The summed E-state index contributed by atoms with van der Waals surface area (Å²) in [6.07, 6.45) is 9.33. The van der Waals surface area contributed by atoms with E-state index in [1.54, 1.807) is 0 Å². The number of benzene rings is 1. The summed E-state index contributed by atoms with van der Waals surface area (Å²) < 4.78 is 0. The molecule has 2 fully saturated rings. The lowest BCUT2D eigenvalue weighted by Crippen LogP contribution is -2.45. The van der Waals surface area contributed by atoms with E-state index in [9.17, 15) is 14.4 Å². The highest BCUT2D eigenvalue weighted by Crippen LogP contribution is 2.38. The number of carbonyl (C=O) groups is 3. The fraction of sp³-hybridized carbons (Fsp3) is 0.591. The number of urea groups is 1. The van der Waals surface area contributed by atoms with Crippen LogP contribution >= 0.6 is 0 Å². The van der Waals surface area contributed by atoms with Crippen molar-refractivity contribution in [3.8, 4) is 0 Å². The lowest BCUT2D eigenvalue weighted by Gasteiger charge is -2.27. The topological polar surface area (TPSA) is 78.5 Å². The molecule has 1 saturated carbocycles. The molecule has 2 aliphatic carbocycles. The zero-order valence-corrected chi connectivity index (χ0v) is 16.3. The third-order valence-electron chi connectivity index (χ3n) is 6.52. The van der Waals surface area contributed by atoms with Gasteiger partial charge >= 0.3 is 6.03 Å². The predicted molar refractivity (Wildman–Crippen MR) is 106 cm³/mol. The third-order valence-corrected chi connectivity index (χ3v) is 6.52. The maximum atomic E-state index is 13.3. The first-order valence-electron chi connectivity index (χ1n) is 10.6. The van der Waals surface area contributed by atoms with Crippen molar-refractivity contribution in [3.05, 3.63) is 35.4 Å². The SMILES string of the molecule is O=C(CN1C(=O)NC2(CCCCc3ccccc32)C1=O)NCC1CCCCC1. The highest BCUT2D eigenvalue weighted by atomic mass is 16.2. The molecule has 0 aromatic heterocycles. The molecule has 4 amide bonds. The Hall–Kier alpha value is -2.37. The molecule has 1 atom stereocenters. The summed E-state index contributed by atoms with van der Waals surface area (Å²) >= 11 is 0. The summed E-state index contributed by atoms with van der Waals surface area (Å²) in [5.41, 5.74) is 0.974. The van der Waals surface area contributed by atoms with E-state index in [4.69, 9.17) is 0 Å². The van der Waals surface area contributed by atoms with Crippen LogP contribution in [0.1, 0.15) is 62.5 Å². The lowest BCUT2D eigenvalue weighted by atomic mass is 9.84. The second-order valence-electron chi connectivity index (χ2n) is 8.40. The van der Waals surface area contributed by atoms with Gasteiger partial charge in [-0.15, -0.1) is 0 Å². The first kappa shape index (κ1) is 19.0. The number of nitrogens with zero attached hydrogens (tertiary/aromatic N) is 1. The summed E-state index contributed by atoms with van der Waals surface area (Å²) in [6.45, 7) is 0.428. The monoisotopic (exact) mass is 383 g/mol. The van der Waals surface area contributed by atoms with E-state index >= 15 is 0 Å². The number of hydrogen-bond donors (Lipinski definition) is 2. The number of aryl methyl sites for hydroxylation is 1. The number of carbonyl (C=O) groups excluding carboxylic acids is 3. The van der Waals surface area contributed by atoms with Crippen LogP contribution in [-0.2, 0) is 21.5 Å². The highest BCUT2D eigenvalue weighted by molar-refractivity contribution is 6.09. The van der Waals surface area contributed by atoms with Gasteiger partial charge in [-0.3, -0.25) is 14.5 Å². The predicted octanol–water partition coefficient (Wildman–Crippen LogP) is 2.86. The molecule has 28 heavy (non-hydrogen) atoms. The highest BCUT2D eigenvalue weighted by Gasteiger charge is 2.53. The second-order valence-corrected chi connectivity index (χ2v) is 8.40. The van der Waals surface area contributed by atoms with Crippen LogP contribution in [0.3, 0.4) is 0 Å². The summed E-state index contributed by atoms with van der Waals surface area (Å²) in [4.78, 5) is 39.5. The van der Waals surface area contributed by atoms with Crippen molar-refractivity contribution in [2.24, 2.45) is 5.92 Å². The van der Waals surface area contributed by atoms with Gasteiger partial charge in [0.05, 0.1) is 0 Å². The average Bonchev–Trinajstić information content (AvgIpc) is 2.85. The number of fused-ring (bicyclic) bond motifs is 2. The Labute approximate surface area is 166 Å². The molecule has 3 aliphatic rings. The van der Waals surface area contributed by atoms with Crippen molar-refractivity contribution in [2.75, 3.05) is 13.1 Å². The van der Waals surface area contributed by atoms with Crippen molar-refractivity contribution in [3.63, 3.8) is 0 Å². The first-order chi connectivity index (χ1) is 13.6. The summed E-state index contributed by atoms with van der Waals surface area (Å²) in [5, 5.41) is 5.86. The van der Waals surface area contributed by atoms with E-state index in [1.807, 2.05) is 24.3 Å². The molecule has 1 heterocycles. The van der Waals surface area contributed by atoms with E-state index in [2.05, 4.69) is 10.6 Å². The Morgan fingerprint density at radius 1 is 1.11 bits per heavy atom. The standard InChI is InChI=1S/C22H29N3O3/c26-19(23-14-16-8-2-1-3-9-16)15-25-20(27)22(24-21(25)28)13-7-6-11-17-10-4-5-12-18(17)22/h4-5,10,12,16H,1-3,6-9,11,13-15H2,(H,23,26)(H,24,28). The molecular formula is C22H29N3O3. The largest absolute Gasteiger partial charge is 0.354 e. The number of imide groups is 1. The lowest BCUT2D eigenvalue weighted by molar-refractivity contribution is -0.135. The van der Waals surface area contributed by atoms with Gasteiger partial charge in [0.1, 0.15) is 12.1 Å². The Kier molecular flexibility index (Phi) is 5.38. The van der Waals surface area contributed by atoms with E-state index in [0.717, 1.165) is 48.1 Å². The molecule has 1 aliphatic heterocycles. The van der Waals surface area contributed by atoms with Crippen LogP contribution in [0.5, 0.6) is 0 Å². The zero-order valence-electron chi connectivity index (χ0n) is 16.3. The van der Waals surface area contributed by atoms with Crippen LogP contribution in [0.25, 0.3) is 0 Å². The Bertz CT molecular complexity index is 772. The van der Waals surface area contributed by atoms with Gasteiger partial charge in [0.15, 0.2) is 0 Å². The minimum atomic E-state index is -1.02. The van der Waals surface area contributed by atoms with E-state index in [1.165, 1.54) is 19.3 Å². The first-order valence-corrected chi connectivity index (χ1v) is 10.6. The Morgan fingerprint density at radius 2 is 1.89 bits per heavy atom. The van der Waals surface area contributed by atoms with Crippen LogP contribution < -0.4 is 10.6 Å². The van der Waals surface area contributed by atoms with E-state index in [-0.39, 0.29) is 18.4 Å². The summed E-state index contributed by atoms with van der Waals surface area (Å²) in [5.74, 6) is -0.0337. The van der Waals surface area contributed by atoms with Gasteiger partial charge in [-0.2, -0.15) is 0 Å². The molecule has 150 valence electrons. The van der Waals surface area contributed by atoms with Gasteiger partial charge in [0.25, 0.3) is 5.91 Å². The van der Waals surface area contributed by atoms with Crippen LogP contribution in [0.15, 0.2) is 24.3 Å². The Morgan fingerprint density at radius 3 is 2.71 bits per heavy atom. The molecule has 6 nitrogen and oxygen atoms in total. The molecule has 0 radical (unpaired) electrons. The van der Waals surface area contributed by atoms with Gasteiger partial charge in [-0.1, -0.05) is 43.5 Å². The van der Waals surface area contributed by atoms with Crippen molar-refractivity contribution < 1.29 is 14.4 Å². The maximum Gasteiger partial charge on any atom is 0.325 e. The van der Waals surface area contributed by atoms with Gasteiger partial charge in [-0.25, -0.2) is 4.79 Å². The van der Waals surface area contributed by atoms with Crippen LogP contribution in [0.2, 0.25) is 0 Å². The van der Waals surface area contributed by atoms with Crippen LogP contribution in [0.4, 0.5) is 4.79 Å². The van der Waals surface area contributed by atoms with Gasteiger partial charge in [0, 0.05) is 6.54 Å². The quantitative estimate of drug-likeness (QED) is 0.785. The molecule has 1 saturated heterocycles. The molecule has 1 aromatic carbocycles. The smallest absolute Gasteiger partial charge is 0.325 e. The molecule has 1 spiro atoms. The summed E-state index contributed by atoms with van der Waals surface area (Å²) in [7, 11) is 0. The molecule has 1 aromatic rings. The van der Waals surface area contributed by atoms with Crippen LogP contribution in [-0.4, -0.2) is 35.8 Å². The number of amides is 4. The fourth-order valence-corrected chi connectivity index (χ4v) is 4.97. The van der Waals surface area contributed by atoms with Crippen molar-refractivity contribution >= 4 is 17.8 Å². The molecule has 6 heteroatoms. The average molecular weight is 383 g/mol. The van der Waals surface area contributed by atoms with E-state index in [0.29, 0.717) is 18.9 Å². The molecule has 1 unspecified atom stereocenters. The second kappa shape index (κ2) is 7.94. The maximum absolute atomic E-state index is 13.3. The fourth-order valence-electron chi connectivity index (χ4n) is 4.97. The molecule has 4 rings (SSSR count). The molecular weight excluding hydrogens is 354 g/mol. The van der Waals surface area contributed by atoms with Crippen molar-refractivity contribution in [2.45, 2.75) is 63.3 Å². The zero-order chi connectivity index (χ0) is 19.6. The van der Waals surface area contributed by atoms with Crippen molar-refractivity contribution in [1.29, 1.82) is 0 Å². The molecule has 2 N–H and O–H groups in total. The van der Waals surface area contributed by atoms with E-state index < -0.39 is 11.6 Å². The molecule has 0 bridgehead atoms. The Balaban J connectivity index is 1.46. The van der Waals surface area contributed by atoms with Gasteiger partial charge in [-0.05, 0) is 55.6 Å². The normalized spacial score (nSPS) is 25.4. The number of nitrogens with one attached hydrogen (secondary N) is 2. The van der Waals surface area contributed by atoms with Crippen molar-refractivity contribution in [1.82, 2.24) is 15.5 Å². The van der Waals surface area contributed by atoms with Gasteiger partial charge in [0.2, 0.25) is 5.91 Å². The van der Waals surface area contributed by atoms with Crippen LogP contribution in [0, 0.1) is 5.92 Å². The minimum absolute atomic E-state index is 0.207. The summed E-state index contributed by atoms with van der Waals surface area (Å²) in [6, 6.07) is 7.38. The number of rotatable bonds is 4. The minimum Gasteiger partial charge on any atom is -0.354 e. The third kappa shape index (κ3) is 3.52. The van der Waals surface area contributed by atoms with Gasteiger partial charge < -0.3 is 10.6 Å².